The molecule has 0 aliphatic heterocycles. The van der Waals surface area contributed by atoms with E-state index in [2.05, 4.69) is 12.2 Å². The molecule has 2 aromatic carbocycles. The molecule has 0 spiro atoms. The minimum absolute atomic E-state index is 0.169. The van der Waals surface area contributed by atoms with Gasteiger partial charge in [-0.15, -0.1) is 22.7 Å². The van der Waals surface area contributed by atoms with Gasteiger partial charge < -0.3 is 10.1 Å². The van der Waals surface area contributed by atoms with Gasteiger partial charge in [-0.3, -0.25) is 4.79 Å². The highest BCUT2D eigenvalue weighted by atomic mass is 32.2. The first kappa shape index (κ1) is 24.0. The highest BCUT2D eigenvalue weighted by Gasteiger charge is 2.31. The molecule has 1 N–H and O–H groups in total. The summed E-state index contributed by atoms with van der Waals surface area (Å²) in [6, 6.07) is 17.7. The average Bonchev–Trinajstić information content (AvgIpc) is 3.43. The van der Waals surface area contributed by atoms with E-state index in [4.69, 9.17) is 9.72 Å². The molecule has 1 amide bonds. The summed E-state index contributed by atoms with van der Waals surface area (Å²) < 4.78 is 7.30. The number of benzene rings is 2. The molecule has 35 heavy (non-hydrogen) atoms. The number of thioether (sulfide) groups is 1. The first-order valence-electron chi connectivity index (χ1n) is 11.7. The number of nitrogens with zero attached hydrogens (tertiary/aromatic N) is 1. The normalized spacial score (nSPS) is 16.0. The first-order chi connectivity index (χ1) is 17.0. The fourth-order valence-electron chi connectivity index (χ4n) is 4.34. The van der Waals surface area contributed by atoms with Gasteiger partial charge in [-0.1, -0.05) is 61.2 Å². The Morgan fingerprint density at radius 3 is 2.69 bits per heavy atom. The van der Waals surface area contributed by atoms with Gasteiger partial charge in [0, 0.05) is 4.88 Å². The minimum atomic E-state index is -0.509. The van der Waals surface area contributed by atoms with Crippen molar-refractivity contribution in [1.29, 1.82) is 0 Å². The van der Waals surface area contributed by atoms with E-state index in [0.29, 0.717) is 23.1 Å². The first-order valence-corrected chi connectivity index (χ1v) is 14.2. The van der Waals surface area contributed by atoms with Gasteiger partial charge in [0.1, 0.15) is 10.3 Å². The lowest BCUT2D eigenvalue weighted by molar-refractivity contribution is -0.115. The summed E-state index contributed by atoms with van der Waals surface area (Å²) in [5.41, 5.74) is 3.39. The largest absolute Gasteiger partial charge is 0.462 e. The van der Waals surface area contributed by atoms with E-state index < -0.39 is 5.25 Å². The van der Waals surface area contributed by atoms with Crippen LogP contribution in [0.2, 0.25) is 0 Å². The summed E-state index contributed by atoms with van der Waals surface area (Å²) in [4.78, 5) is 32.6. The molecule has 180 valence electrons. The van der Waals surface area contributed by atoms with Crippen molar-refractivity contribution in [3.63, 3.8) is 0 Å². The van der Waals surface area contributed by atoms with Crippen LogP contribution in [0.25, 0.3) is 10.2 Å². The van der Waals surface area contributed by atoms with Crippen LogP contribution in [-0.4, -0.2) is 23.5 Å². The number of hydrogen-bond donors (Lipinski definition) is 1. The van der Waals surface area contributed by atoms with Gasteiger partial charge in [-0.25, -0.2) is 9.78 Å². The van der Waals surface area contributed by atoms with Gasteiger partial charge in [0.05, 0.1) is 22.4 Å². The van der Waals surface area contributed by atoms with E-state index in [-0.39, 0.29) is 11.9 Å². The smallest absolute Gasteiger partial charge is 0.341 e. The molecule has 5 nitrogen and oxygen atoms in total. The Hall–Kier alpha value is -2.68. The van der Waals surface area contributed by atoms with Crippen LogP contribution in [0.3, 0.4) is 0 Å². The second-order valence-electron chi connectivity index (χ2n) is 8.62. The Bertz CT molecular complexity index is 1330. The monoisotopic (exact) mass is 522 g/mol. The molecule has 8 heteroatoms. The molecule has 0 saturated carbocycles. The number of ether oxygens (including phenoxy) is 1. The number of rotatable bonds is 7. The Labute approximate surface area is 216 Å². The van der Waals surface area contributed by atoms with E-state index in [1.54, 1.807) is 18.3 Å². The molecule has 2 heterocycles. The van der Waals surface area contributed by atoms with E-state index in [1.165, 1.54) is 28.0 Å². The lowest BCUT2D eigenvalue weighted by Crippen LogP contribution is -2.20. The number of nitrogens with one attached hydrogen (secondary N) is 1. The van der Waals surface area contributed by atoms with Crippen molar-refractivity contribution in [1.82, 2.24) is 4.98 Å². The number of aromatic nitrogens is 1. The van der Waals surface area contributed by atoms with Crippen molar-refractivity contribution in [2.24, 2.45) is 5.92 Å². The summed E-state index contributed by atoms with van der Waals surface area (Å²) in [6.07, 6.45) is 2.79. The number of hydrogen-bond acceptors (Lipinski definition) is 7. The SMILES string of the molecule is CCOC(=O)c1c(NC(=O)[C@@H](Sc2nc3ccccc3s2)c2ccccc2)sc2c1CC[C@H](C)C2. The Morgan fingerprint density at radius 2 is 1.91 bits per heavy atom. The molecule has 2 atom stereocenters. The number of carbonyl (C=O) groups is 2. The van der Waals surface area contributed by atoms with Crippen molar-refractivity contribution in [2.45, 2.75) is 42.7 Å². The molecule has 0 saturated heterocycles. The number of thiophene rings is 1. The molecule has 0 radical (unpaired) electrons. The van der Waals surface area contributed by atoms with Crippen LogP contribution in [0.4, 0.5) is 5.00 Å². The molecule has 4 aromatic rings. The van der Waals surface area contributed by atoms with E-state index in [1.807, 2.05) is 54.6 Å². The zero-order valence-corrected chi connectivity index (χ0v) is 22.0. The molecule has 5 rings (SSSR count). The van der Waals surface area contributed by atoms with Gasteiger partial charge in [-0.05, 0) is 55.4 Å². The summed E-state index contributed by atoms with van der Waals surface area (Å²) >= 11 is 4.54. The summed E-state index contributed by atoms with van der Waals surface area (Å²) in [7, 11) is 0. The fraction of sp³-hybridized carbons (Fsp3) is 0.296. The Morgan fingerprint density at radius 1 is 1.14 bits per heavy atom. The second-order valence-corrected chi connectivity index (χ2v) is 12.1. The highest BCUT2D eigenvalue weighted by molar-refractivity contribution is 8.02. The van der Waals surface area contributed by atoms with Crippen molar-refractivity contribution in [2.75, 3.05) is 11.9 Å². The topological polar surface area (TPSA) is 68.3 Å². The average molecular weight is 523 g/mol. The van der Waals surface area contributed by atoms with Gasteiger partial charge in [0.2, 0.25) is 5.91 Å². The molecular weight excluding hydrogens is 497 g/mol. The maximum absolute atomic E-state index is 13.7. The van der Waals surface area contributed by atoms with Crippen molar-refractivity contribution in [3.05, 3.63) is 76.2 Å². The number of carbonyl (C=O) groups excluding carboxylic acids is 2. The zero-order chi connectivity index (χ0) is 24.4. The number of anilines is 1. The predicted octanol–water partition coefficient (Wildman–Crippen LogP) is 7.13. The number of esters is 1. The summed E-state index contributed by atoms with van der Waals surface area (Å²) in [5.74, 6) is 0.0361. The van der Waals surface area contributed by atoms with Crippen molar-refractivity contribution in [3.8, 4) is 0 Å². The fourth-order valence-corrected chi connectivity index (χ4v) is 8.00. The standard InChI is InChI=1S/C27H26N2O3S3/c1-3-32-26(31)22-18-14-13-16(2)15-21(18)33-25(22)29-24(30)23(17-9-5-4-6-10-17)35-27-28-19-11-7-8-12-20(19)34-27/h4-12,16,23H,3,13-15H2,1-2H3,(H,29,30)/t16-,23-/m0/s1. The lowest BCUT2D eigenvalue weighted by Gasteiger charge is -2.18. The molecule has 1 aliphatic rings. The van der Waals surface area contributed by atoms with E-state index >= 15 is 0 Å². The summed E-state index contributed by atoms with van der Waals surface area (Å²) in [5, 5.41) is 3.20. The van der Waals surface area contributed by atoms with Crippen molar-refractivity contribution >= 4 is 61.5 Å². The van der Waals surface area contributed by atoms with E-state index in [0.717, 1.165) is 44.9 Å². The third-order valence-electron chi connectivity index (χ3n) is 6.06. The molecule has 2 aromatic heterocycles. The molecule has 1 aliphatic carbocycles. The van der Waals surface area contributed by atoms with Crippen molar-refractivity contribution < 1.29 is 14.3 Å². The van der Waals surface area contributed by atoms with Crippen LogP contribution in [0, 0.1) is 5.92 Å². The van der Waals surface area contributed by atoms with Crippen LogP contribution in [-0.2, 0) is 22.4 Å². The zero-order valence-electron chi connectivity index (χ0n) is 19.6. The number of amides is 1. The molecular formula is C27H26N2O3S3. The number of fused-ring (bicyclic) bond motifs is 2. The lowest BCUT2D eigenvalue weighted by atomic mass is 9.88. The van der Waals surface area contributed by atoms with Crippen LogP contribution in [0.5, 0.6) is 0 Å². The van der Waals surface area contributed by atoms with Crippen LogP contribution in [0.15, 0.2) is 58.9 Å². The second kappa shape index (κ2) is 10.5. The van der Waals surface area contributed by atoms with Gasteiger partial charge in [-0.2, -0.15) is 0 Å². The molecule has 0 fully saturated rings. The third kappa shape index (κ3) is 5.15. The van der Waals surface area contributed by atoms with Crippen LogP contribution >= 0.6 is 34.4 Å². The molecule has 0 unspecified atom stereocenters. The number of thiazole rings is 1. The van der Waals surface area contributed by atoms with E-state index in [9.17, 15) is 9.59 Å². The Kier molecular flexibility index (Phi) is 7.22. The third-order valence-corrected chi connectivity index (χ3v) is 9.62. The minimum Gasteiger partial charge on any atom is -0.462 e. The van der Waals surface area contributed by atoms with Gasteiger partial charge in [0.15, 0.2) is 4.34 Å². The maximum atomic E-state index is 13.7. The van der Waals surface area contributed by atoms with Gasteiger partial charge >= 0.3 is 5.97 Å². The van der Waals surface area contributed by atoms with Crippen LogP contribution in [0.1, 0.15) is 51.9 Å². The predicted molar refractivity (Wildman–Crippen MR) is 145 cm³/mol. The Balaban J connectivity index is 1.48. The quantitative estimate of drug-likeness (QED) is 0.207. The maximum Gasteiger partial charge on any atom is 0.341 e. The summed E-state index contributed by atoms with van der Waals surface area (Å²) in [6.45, 7) is 4.33. The highest BCUT2D eigenvalue weighted by Crippen LogP contribution is 2.43. The van der Waals surface area contributed by atoms with Gasteiger partial charge in [0.25, 0.3) is 0 Å². The molecule has 0 bridgehead atoms. The number of para-hydroxylation sites is 1. The van der Waals surface area contributed by atoms with Crippen LogP contribution < -0.4 is 5.32 Å².